The number of hydrogen-bond acceptors (Lipinski definition) is 6. The lowest BCUT2D eigenvalue weighted by Crippen LogP contribution is -2.30. The van der Waals surface area contributed by atoms with E-state index >= 15 is 0 Å². The summed E-state index contributed by atoms with van der Waals surface area (Å²) < 4.78 is 15.7. The molecule has 0 spiro atoms. The van der Waals surface area contributed by atoms with Gasteiger partial charge in [-0.2, -0.15) is 0 Å². The third kappa shape index (κ3) is 3.67. The number of nitrogens with one attached hydrogen (secondary N) is 1. The van der Waals surface area contributed by atoms with Crippen LogP contribution >= 0.6 is 0 Å². The molecule has 0 unspecified atom stereocenters. The topological polar surface area (TPSA) is 86.8 Å². The summed E-state index contributed by atoms with van der Waals surface area (Å²) in [6.07, 6.45) is 3.01. The van der Waals surface area contributed by atoms with E-state index in [-0.39, 0.29) is 5.56 Å². The van der Waals surface area contributed by atoms with Gasteiger partial charge in [-0.05, 0) is 30.3 Å². The van der Waals surface area contributed by atoms with Crippen molar-refractivity contribution in [3.8, 4) is 17.2 Å². The summed E-state index contributed by atoms with van der Waals surface area (Å²) in [5.41, 5.74) is 0.569. The minimum absolute atomic E-state index is 0.254. The Bertz CT molecular complexity index is 1020. The first-order chi connectivity index (χ1) is 13.1. The summed E-state index contributed by atoms with van der Waals surface area (Å²) in [4.78, 5) is 29.2. The van der Waals surface area contributed by atoms with Crippen molar-refractivity contribution in [2.75, 3.05) is 21.3 Å². The second kappa shape index (κ2) is 7.74. The Kier molecular flexibility index (Phi) is 5.21. The van der Waals surface area contributed by atoms with Gasteiger partial charge in [-0.15, -0.1) is 0 Å². The number of pyridine rings is 1. The third-order valence-electron chi connectivity index (χ3n) is 4.07. The van der Waals surface area contributed by atoms with Gasteiger partial charge >= 0.3 is 0 Å². The quantitative estimate of drug-likeness (QED) is 0.699. The van der Waals surface area contributed by atoms with E-state index in [0.29, 0.717) is 33.6 Å². The second-order valence-electron chi connectivity index (χ2n) is 5.63. The standard InChI is InChI=1S/C20H18N2O5/c1-25-14-6-4-5-12(7-14)19(23)22-20(24)16-11-21-10-13-8-17(26-2)18(27-3)9-15(13)16/h4-11H,1-3H3,(H,22,23,24). The van der Waals surface area contributed by atoms with Crippen molar-refractivity contribution in [1.29, 1.82) is 0 Å². The van der Waals surface area contributed by atoms with Crippen LogP contribution in [-0.2, 0) is 0 Å². The van der Waals surface area contributed by atoms with Crippen LogP contribution in [0.2, 0.25) is 0 Å². The SMILES string of the molecule is COc1cccc(C(=O)NC(=O)c2cncc3cc(OC)c(OC)cc23)c1. The molecule has 0 aliphatic rings. The number of aromatic nitrogens is 1. The number of carbonyl (C=O) groups is 2. The fourth-order valence-electron chi connectivity index (χ4n) is 2.68. The van der Waals surface area contributed by atoms with Crippen molar-refractivity contribution >= 4 is 22.6 Å². The van der Waals surface area contributed by atoms with Crippen molar-refractivity contribution in [3.63, 3.8) is 0 Å². The van der Waals surface area contributed by atoms with Gasteiger partial charge in [-0.25, -0.2) is 0 Å². The molecule has 27 heavy (non-hydrogen) atoms. The highest BCUT2D eigenvalue weighted by atomic mass is 16.5. The van der Waals surface area contributed by atoms with Gasteiger partial charge < -0.3 is 14.2 Å². The summed E-state index contributed by atoms with van der Waals surface area (Å²) >= 11 is 0. The highest BCUT2D eigenvalue weighted by Crippen LogP contribution is 2.33. The molecule has 7 heteroatoms. The molecule has 0 aliphatic carbocycles. The number of benzene rings is 2. The van der Waals surface area contributed by atoms with Crippen LogP contribution < -0.4 is 19.5 Å². The Hall–Kier alpha value is -3.61. The number of rotatable bonds is 5. The highest BCUT2D eigenvalue weighted by molar-refractivity contribution is 6.15. The van der Waals surface area contributed by atoms with Crippen LogP contribution in [0.5, 0.6) is 17.2 Å². The second-order valence-corrected chi connectivity index (χ2v) is 5.63. The first-order valence-electron chi connectivity index (χ1n) is 8.07. The molecule has 0 saturated carbocycles. The summed E-state index contributed by atoms with van der Waals surface area (Å²) in [7, 11) is 4.54. The maximum Gasteiger partial charge on any atom is 0.260 e. The molecule has 0 atom stereocenters. The lowest BCUT2D eigenvalue weighted by molar-refractivity contribution is 0.0850. The summed E-state index contributed by atoms with van der Waals surface area (Å²) in [5, 5.41) is 3.66. The van der Waals surface area contributed by atoms with E-state index in [0.717, 1.165) is 0 Å². The van der Waals surface area contributed by atoms with E-state index in [2.05, 4.69) is 10.3 Å². The average Bonchev–Trinajstić information content (AvgIpc) is 2.71. The van der Waals surface area contributed by atoms with E-state index in [1.807, 2.05) is 0 Å². The van der Waals surface area contributed by atoms with Gasteiger partial charge in [0, 0.05) is 28.7 Å². The molecule has 2 amide bonds. The number of nitrogens with zero attached hydrogens (tertiary/aromatic N) is 1. The molecule has 0 bridgehead atoms. The minimum Gasteiger partial charge on any atom is -0.497 e. The summed E-state index contributed by atoms with van der Waals surface area (Å²) in [5.74, 6) is 0.435. The predicted molar refractivity (Wildman–Crippen MR) is 99.6 cm³/mol. The Labute approximate surface area is 155 Å². The molecule has 0 radical (unpaired) electrons. The number of amides is 2. The van der Waals surface area contributed by atoms with Crippen LogP contribution in [0, 0.1) is 0 Å². The van der Waals surface area contributed by atoms with Crippen molar-refractivity contribution in [2.45, 2.75) is 0 Å². The van der Waals surface area contributed by atoms with Gasteiger partial charge in [0.2, 0.25) is 0 Å². The van der Waals surface area contributed by atoms with Gasteiger partial charge in [-0.3, -0.25) is 19.9 Å². The molecule has 0 saturated heterocycles. The zero-order chi connectivity index (χ0) is 19.4. The van der Waals surface area contributed by atoms with E-state index in [4.69, 9.17) is 14.2 Å². The van der Waals surface area contributed by atoms with Gasteiger partial charge in [0.25, 0.3) is 11.8 Å². The van der Waals surface area contributed by atoms with E-state index < -0.39 is 11.8 Å². The smallest absolute Gasteiger partial charge is 0.260 e. The van der Waals surface area contributed by atoms with Crippen molar-refractivity contribution < 1.29 is 23.8 Å². The number of fused-ring (bicyclic) bond motifs is 1. The lowest BCUT2D eigenvalue weighted by atomic mass is 10.1. The largest absolute Gasteiger partial charge is 0.497 e. The van der Waals surface area contributed by atoms with E-state index in [1.54, 1.807) is 42.6 Å². The van der Waals surface area contributed by atoms with Crippen LogP contribution in [0.4, 0.5) is 0 Å². The maximum absolute atomic E-state index is 12.7. The molecule has 3 rings (SSSR count). The van der Waals surface area contributed by atoms with Crippen molar-refractivity contribution in [3.05, 3.63) is 59.9 Å². The van der Waals surface area contributed by atoms with Gasteiger partial charge in [0.15, 0.2) is 11.5 Å². The molecule has 7 nitrogen and oxygen atoms in total. The molecular weight excluding hydrogens is 348 g/mol. The van der Waals surface area contributed by atoms with Gasteiger partial charge in [-0.1, -0.05) is 6.07 Å². The van der Waals surface area contributed by atoms with Crippen LogP contribution in [0.25, 0.3) is 10.8 Å². The maximum atomic E-state index is 12.7. The number of imide groups is 1. The fourth-order valence-corrected chi connectivity index (χ4v) is 2.68. The number of methoxy groups -OCH3 is 3. The average molecular weight is 366 g/mol. The Morgan fingerprint density at radius 1 is 0.889 bits per heavy atom. The first kappa shape index (κ1) is 18.2. The molecule has 2 aromatic carbocycles. The zero-order valence-corrected chi connectivity index (χ0v) is 15.1. The minimum atomic E-state index is -0.562. The third-order valence-corrected chi connectivity index (χ3v) is 4.07. The zero-order valence-electron chi connectivity index (χ0n) is 15.1. The molecule has 0 fully saturated rings. The Morgan fingerprint density at radius 2 is 1.63 bits per heavy atom. The Balaban J connectivity index is 1.94. The molecule has 138 valence electrons. The van der Waals surface area contributed by atoms with Crippen molar-refractivity contribution in [1.82, 2.24) is 10.3 Å². The van der Waals surface area contributed by atoms with Crippen LogP contribution in [-0.4, -0.2) is 38.1 Å². The highest BCUT2D eigenvalue weighted by Gasteiger charge is 2.17. The molecule has 3 aromatic rings. The number of hydrogen-bond donors (Lipinski definition) is 1. The van der Waals surface area contributed by atoms with Crippen LogP contribution in [0.3, 0.4) is 0 Å². The Morgan fingerprint density at radius 3 is 2.33 bits per heavy atom. The molecule has 1 heterocycles. The van der Waals surface area contributed by atoms with E-state index in [9.17, 15) is 9.59 Å². The van der Waals surface area contributed by atoms with Crippen molar-refractivity contribution in [2.24, 2.45) is 0 Å². The van der Waals surface area contributed by atoms with Crippen LogP contribution in [0.15, 0.2) is 48.8 Å². The van der Waals surface area contributed by atoms with E-state index in [1.165, 1.54) is 27.5 Å². The molecule has 0 aliphatic heterocycles. The predicted octanol–water partition coefficient (Wildman–Crippen LogP) is 2.83. The summed E-state index contributed by atoms with van der Waals surface area (Å²) in [6.45, 7) is 0. The molecule has 1 aromatic heterocycles. The number of ether oxygens (including phenoxy) is 3. The molecular formula is C20H18N2O5. The van der Waals surface area contributed by atoms with Crippen LogP contribution in [0.1, 0.15) is 20.7 Å². The lowest BCUT2D eigenvalue weighted by Gasteiger charge is -2.11. The van der Waals surface area contributed by atoms with Gasteiger partial charge in [0.1, 0.15) is 5.75 Å². The number of carbonyl (C=O) groups excluding carboxylic acids is 2. The van der Waals surface area contributed by atoms with Gasteiger partial charge in [0.05, 0.1) is 26.9 Å². The normalized spacial score (nSPS) is 10.3. The first-order valence-corrected chi connectivity index (χ1v) is 8.07. The molecule has 1 N–H and O–H groups in total. The summed E-state index contributed by atoms with van der Waals surface area (Å²) in [6, 6.07) is 9.95. The fraction of sp³-hybridized carbons (Fsp3) is 0.150. The monoisotopic (exact) mass is 366 g/mol.